The van der Waals surface area contributed by atoms with Gasteiger partial charge in [-0.3, -0.25) is 9.78 Å². The molecule has 1 N–H and O–H groups in total. The first-order valence-corrected chi connectivity index (χ1v) is 9.12. The summed E-state index contributed by atoms with van der Waals surface area (Å²) in [5.41, 5.74) is 1.34. The summed E-state index contributed by atoms with van der Waals surface area (Å²) in [6.45, 7) is 5.47. The van der Waals surface area contributed by atoms with Gasteiger partial charge < -0.3 is 5.32 Å². The second-order valence-corrected chi connectivity index (χ2v) is 7.19. The van der Waals surface area contributed by atoms with Crippen LogP contribution in [-0.2, 0) is 12.7 Å². The van der Waals surface area contributed by atoms with Crippen molar-refractivity contribution < 1.29 is 22.4 Å². The number of alkyl halides is 3. The number of nitrogens with zero attached hydrogens (tertiary/aromatic N) is 1. The van der Waals surface area contributed by atoms with E-state index in [4.69, 9.17) is 0 Å². The number of pyridine rings is 1. The number of hydrogen-bond acceptors (Lipinski definition) is 2. The van der Waals surface area contributed by atoms with Crippen molar-refractivity contribution >= 4 is 16.8 Å². The number of carbonyl (C=O) groups is 1. The number of aromatic nitrogens is 1. The minimum atomic E-state index is -4.47. The average molecular weight is 404 g/mol. The molecule has 2 aromatic carbocycles. The number of fused-ring (bicyclic) bond motifs is 1. The second kappa shape index (κ2) is 7.81. The number of hydrogen-bond donors (Lipinski definition) is 1. The molecule has 0 saturated carbocycles. The molecular formula is C22H20F4N2O. The number of carbonyl (C=O) groups excluding carboxylic acids is 1. The van der Waals surface area contributed by atoms with Crippen LogP contribution in [0.3, 0.4) is 0 Å². The van der Waals surface area contributed by atoms with Crippen LogP contribution in [0.2, 0.25) is 0 Å². The Labute approximate surface area is 165 Å². The van der Waals surface area contributed by atoms with Gasteiger partial charge in [0.2, 0.25) is 0 Å². The van der Waals surface area contributed by atoms with Crippen LogP contribution >= 0.6 is 0 Å². The summed E-state index contributed by atoms with van der Waals surface area (Å²) >= 11 is 0. The SMILES string of the molecule is Cc1c(C(=O)NCc2cccc(F)c2)c(C(C)C)nc2cc(C(F)(F)F)ccc12. The highest BCUT2D eigenvalue weighted by atomic mass is 19.4. The van der Waals surface area contributed by atoms with Crippen molar-refractivity contribution in [1.82, 2.24) is 10.3 Å². The number of aryl methyl sites for hydroxylation is 1. The number of benzene rings is 2. The normalized spacial score (nSPS) is 11.9. The van der Waals surface area contributed by atoms with Crippen molar-refractivity contribution in [3.05, 3.63) is 76.2 Å². The summed E-state index contributed by atoms with van der Waals surface area (Å²) in [5.74, 6) is -0.976. The molecule has 3 rings (SSSR count). The van der Waals surface area contributed by atoms with Gasteiger partial charge in [-0.15, -0.1) is 0 Å². The fraction of sp³-hybridized carbons (Fsp3) is 0.273. The van der Waals surface area contributed by atoms with Crippen molar-refractivity contribution in [3.8, 4) is 0 Å². The zero-order valence-corrected chi connectivity index (χ0v) is 16.2. The van der Waals surface area contributed by atoms with E-state index in [-0.39, 0.29) is 18.0 Å². The monoisotopic (exact) mass is 404 g/mol. The summed E-state index contributed by atoms with van der Waals surface area (Å²) < 4.78 is 52.5. The first kappa shape index (κ1) is 20.8. The molecule has 0 saturated heterocycles. The quantitative estimate of drug-likeness (QED) is 0.562. The lowest BCUT2D eigenvalue weighted by molar-refractivity contribution is -0.137. The third-order valence-corrected chi connectivity index (χ3v) is 4.72. The number of amides is 1. The average Bonchev–Trinajstić information content (AvgIpc) is 2.64. The minimum Gasteiger partial charge on any atom is -0.348 e. The maximum absolute atomic E-state index is 13.3. The predicted octanol–water partition coefficient (Wildman–Crippen LogP) is 5.75. The molecule has 0 fully saturated rings. The topological polar surface area (TPSA) is 42.0 Å². The number of nitrogens with one attached hydrogen (secondary N) is 1. The summed E-state index contributed by atoms with van der Waals surface area (Å²) in [4.78, 5) is 17.3. The zero-order chi connectivity index (χ0) is 21.3. The van der Waals surface area contributed by atoms with Crippen molar-refractivity contribution in [2.75, 3.05) is 0 Å². The Hall–Kier alpha value is -2.96. The van der Waals surface area contributed by atoms with E-state index in [2.05, 4.69) is 10.3 Å². The first-order chi connectivity index (χ1) is 13.6. The molecule has 29 heavy (non-hydrogen) atoms. The van der Waals surface area contributed by atoms with Gasteiger partial charge in [0, 0.05) is 11.9 Å². The third-order valence-electron chi connectivity index (χ3n) is 4.72. The first-order valence-electron chi connectivity index (χ1n) is 9.12. The predicted molar refractivity (Wildman–Crippen MR) is 103 cm³/mol. The van der Waals surface area contributed by atoms with Crippen LogP contribution in [0.5, 0.6) is 0 Å². The molecule has 0 atom stereocenters. The Balaban J connectivity index is 2.02. The van der Waals surface area contributed by atoms with Gasteiger partial charge in [0.05, 0.1) is 22.3 Å². The molecule has 0 unspecified atom stereocenters. The Kier molecular flexibility index (Phi) is 5.59. The van der Waals surface area contributed by atoms with E-state index in [1.807, 2.05) is 13.8 Å². The lowest BCUT2D eigenvalue weighted by Gasteiger charge is -2.18. The van der Waals surface area contributed by atoms with Crippen molar-refractivity contribution in [1.29, 1.82) is 0 Å². The lowest BCUT2D eigenvalue weighted by atomic mass is 9.95. The van der Waals surface area contributed by atoms with Gasteiger partial charge in [0.15, 0.2) is 0 Å². The molecule has 0 spiro atoms. The lowest BCUT2D eigenvalue weighted by Crippen LogP contribution is -2.26. The van der Waals surface area contributed by atoms with Gasteiger partial charge in [0.1, 0.15) is 5.82 Å². The van der Waals surface area contributed by atoms with Gasteiger partial charge in [-0.2, -0.15) is 13.2 Å². The van der Waals surface area contributed by atoms with E-state index in [1.54, 1.807) is 19.1 Å². The van der Waals surface area contributed by atoms with Gasteiger partial charge >= 0.3 is 6.18 Å². The number of halogens is 4. The molecule has 0 bridgehead atoms. The summed E-state index contributed by atoms with van der Waals surface area (Å²) in [6.07, 6.45) is -4.47. The maximum atomic E-state index is 13.3. The van der Waals surface area contributed by atoms with Gasteiger partial charge in [-0.1, -0.05) is 32.0 Å². The summed E-state index contributed by atoms with van der Waals surface area (Å²) in [7, 11) is 0. The van der Waals surface area contributed by atoms with Gasteiger partial charge in [0.25, 0.3) is 5.91 Å². The molecule has 0 radical (unpaired) electrons. The van der Waals surface area contributed by atoms with Crippen molar-refractivity contribution in [2.45, 2.75) is 39.4 Å². The molecule has 152 valence electrons. The second-order valence-electron chi connectivity index (χ2n) is 7.19. The third kappa shape index (κ3) is 4.39. The molecule has 1 heterocycles. The Bertz CT molecular complexity index is 1070. The highest BCUT2D eigenvalue weighted by Crippen LogP contribution is 2.33. The smallest absolute Gasteiger partial charge is 0.348 e. The molecular weight excluding hydrogens is 384 g/mol. The molecule has 1 amide bonds. The molecule has 0 aliphatic rings. The molecule has 1 aromatic heterocycles. The fourth-order valence-corrected chi connectivity index (χ4v) is 3.25. The minimum absolute atomic E-state index is 0.124. The van der Waals surface area contributed by atoms with E-state index in [1.165, 1.54) is 18.2 Å². The van der Waals surface area contributed by atoms with E-state index in [0.29, 0.717) is 27.8 Å². The van der Waals surface area contributed by atoms with Crippen LogP contribution in [0, 0.1) is 12.7 Å². The van der Waals surface area contributed by atoms with E-state index in [0.717, 1.165) is 12.1 Å². The largest absolute Gasteiger partial charge is 0.416 e. The van der Waals surface area contributed by atoms with Crippen molar-refractivity contribution in [2.24, 2.45) is 0 Å². The van der Waals surface area contributed by atoms with E-state index < -0.39 is 23.5 Å². The van der Waals surface area contributed by atoms with E-state index >= 15 is 0 Å². The highest BCUT2D eigenvalue weighted by molar-refractivity contribution is 6.01. The van der Waals surface area contributed by atoms with Crippen LogP contribution in [0.1, 0.15) is 52.5 Å². The number of rotatable bonds is 4. The molecule has 3 nitrogen and oxygen atoms in total. The summed E-state index contributed by atoms with van der Waals surface area (Å²) in [6, 6.07) is 9.22. The van der Waals surface area contributed by atoms with E-state index in [9.17, 15) is 22.4 Å². The zero-order valence-electron chi connectivity index (χ0n) is 16.2. The maximum Gasteiger partial charge on any atom is 0.416 e. The molecule has 0 aliphatic carbocycles. The Morgan fingerprint density at radius 3 is 2.48 bits per heavy atom. The van der Waals surface area contributed by atoms with Crippen LogP contribution in [0.25, 0.3) is 10.9 Å². The Morgan fingerprint density at radius 1 is 1.14 bits per heavy atom. The molecule has 0 aliphatic heterocycles. The molecule has 7 heteroatoms. The van der Waals surface area contributed by atoms with Crippen molar-refractivity contribution in [3.63, 3.8) is 0 Å². The Morgan fingerprint density at radius 2 is 1.86 bits per heavy atom. The fourth-order valence-electron chi connectivity index (χ4n) is 3.25. The van der Waals surface area contributed by atoms with Crippen LogP contribution in [0.15, 0.2) is 42.5 Å². The standard InChI is InChI=1S/C22H20F4N2O/c1-12(2)20-19(21(29)27-11-14-5-4-6-16(23)9-14)13(3)17-8-7-15(22(24,25)26)10-18(17)28-20/h4-10,12H,11H2,1-3H3,(H,27,29). The van der Waals surface area contributed by atoms with Gasteiger partial charge in [-0.25, -0.2) is 4.39 Å². The van der Waals surface area contributed by atoms with Crippen LogP contribution < -0.4 is 5.32 Å². The summed E-state index contributed by atoms with van der Waals surface area (Å²) in [5, 5.41) is 3.24. The highest BCUT2D eigenvalue weighted by Gasteiger charge is 2.31. The van der Waals surface area contributed by atoms with Crippen LogP contribution in [0.4, 0.5) is 17.6 Å². The van der Waals surface area contributed by atoms with Gasteiger partial charge in [-0.05, 0) is 48.2 Å². The van der Waals surface area contributed by atoms with Crippen LogP contribution in [-0.4, -0.2) is 10.9 Å². The molecule has 3 aromatic rings.